The van der Waals surface area contributed by atoms with Gasteiger partial charge in [0.2, 0.25) is 0 Å². The van der Waals surface area contributed by atoms with Crippen LogP contribution < -0.4 is 0 Å². The summed E-state index contributed by atoms with van der Waals surface area (Å²) < 4.78 is 0.450. The molecule has 0 aliphatic carbocycles. The molecule has 1 aliphatic heterocycles. The maximum Gasteiger partial charge on any atom is 0.0651 e. The molecule has 3 heteroatoms. The Bertz CT molecular complexity index is 347. The van der Waals surface area contributed by atoms with Crippen LogP contribution in [0.1, 0.15) is 37.7 Å². The van der Waals surface area contributed by atoms with Crippen molar-refractivity contribution >= 4 is 39.5 Å². The van der Waals surface area contributed by atoms with Crippen LogP contribution in [0.4, 0.5) is 0 Å². The van der Waals surface area contributed by atoms with Crippen LogP contribution in [0.2, 0.25) is 0 Å². The van der Waals surface area contributed by atoms with Gasteiger partial charge in [-0.05, 0) is 42.8 Å². The second-order valence-electron chi connectivity index (χ2n) is 5.12. The van der Waals surface area contributed by atoms with Gasteiger partial charge < -0.3 is 0 Å². The first kappa shape index (κ1) is 15.8. The predicted octanol–water partition coefficient (Wildman–Crippen LogP) is 5.75. The fraction of sp³-hybridized carbons (Fsp3) is 0.625. The first-order valence-electron chi connectivity index (χ1n) is 7.22. The van der Waals surface area contributed by atoms with Crippen LogP contribution in [0, 0.1) is 0 Å². The lowest BCUT2D eigenvalue weighted by Crippen LogP contribution is -2.28. The summed E-state index contributed by atoms with van der Waals surface area (Å²) in [6.07, 6.45) is 8.03. The average molecular weight is 359 g/mol. The van der Waals surface area contributed by atoms with E-state index in [1.807, 2.05) is 0 Å². The molecule has 0 bridgehead atoms. The van der Waals surface area contributed by atoms with Gasteiger partial charge in [-0.2, -0.15) is 0 Å². The molecule has 0 nitrogen and oxygen atoms in total. The summed E-state index contributed by atoms with van der Waals surface area (Å²) in [6.45, 7) is 0. The van der Waals surface area contributed by atoms with Crippen molar-refractivity contribution in [2.45, 2.75) is 42.6 Å². The number of rotatable bonds is 7. The van der Waals surface area contributed by atoms with Gasteiger partial charge in [0.25, 0.3) is 0 Å². The minimum absolute atomic E-state index is 0.450. The van der Waals surface area contributed by atoms with E-state index in [1.54, 1.807) is 0 Å². The molecule has 1 aromatic carbocycles. The Morgan fingerprint density at radius 3 is 2.42 bits per heavy atom. The predicted molar refractivity (Wildman–Crippen MR) is 94.7 cm³/mol. The Balaban J connectivity index is 1.94. The summed E-state index contributed by atoms with van der Waals surface area (Å²) in [5.41, 5.74) is 1.50. The third-order valence-electron chi connectivity index (χ3n) is 3.53. The Labute approximate surface area is 134 Å². The third kappa shape index (κ3) is 5.35. The van der Waals surface area contributed by atoms with Crippen LogP contribution in [0.3, 0.4) is 0 Å². The van der Waals surface area contributed by atoms with Crippen molar-refractivity contribution in [1.82, 2.24) is 0 Å². The molecule has 0 amide bonds. The highest BCUT2D eigenvalue weighted by atomic mass is 79.9. The number of thioether (sulfide) groups is 2. The lowest BCUT2D eigenvalue weighted by atomic mass is 10.0. The third-order valence-corrected chi connectivity index (χ3v) is 7.53. The molecule has 1 aromatic rings. The van der Waals surface area contributed by atoms with Crippen molar-refractivity contribution in [2.24, 2.45) is 0 Å². The fourth-order valence-electron chi connectivity index (χ4n) is 2.52. The summed E-state index contributed by atoms with van der Waals surface area (Å²) in [7, 11) is 0. The number of unbranched alkanes of at least 4 members (excludes halogenated alkanes) is 2. The highest BCUT2D eigenvalue weighted by molar-refractivity contribution is 9.09. The number of hydrogen-bond donors (Lipinski definition) is 0. The average Bonchev–Trinajstić information content (AvgIpc) is 2.46. The number of alkyl halides is 1. The summed E-state index contributed by atoms with van der Waals surface area (Å²) in [4.78, 5) is 0. The van der Waals surface area contributed by atoms with Crippen LogP contribution in [0.25, 0.3) is 0 Å². The Hall–Kier alpha value is 0.400. The SMILES string of the molecule is BrCCCCCC1(Cc2ccccc2)SCCCS1. The zero-order valence-electron chi connectivity index (χ0n) is 11.4. The van der Waals surface area contributed by atoms with Crippen LogP contribution in [0.15, 0.2) is 30.3 Å². The van der Waals surface area contributed by atoms with Gasteiger partial charge in [0.15, 0.2) is 0 Å². The zero-order chi connectivity index (χ0) is 13.4. The Kier molecular flexibility index (Phi) is 7.17. The molecule has 0 unspecified atom stereocenters. The van der Waals surface area contributed by atoms with Crippen molar-refractivity contribution in [3.05, 3.63) is 35.9 Å². The lowest BCUT2D eigenvalue weighted by Gasteiger charge is -2.36. The van der Waals surface area contributed by atoms with Crippen LogP contribution in [0.5, 0.6) is 0 Å². The van der Waals surface area contributed by atoms with Gasteiger partial charge in [-0.3, -0.25) is 0 Å². The van der Waals surface area contributed by atoms with E-state index in [-0.39, 0.29) is 0 Å². The van der Waals surface area contributed by atoms with E-state index in [0.29, 0.717) is 4.08 Å². The Morgan fingerprint density at radius 1 is 1.00 bits per heavy atom. The van der Waals surface area contributed by atoms with Crippen molar-refractivity contribution in [3.8, 4) is 0 Å². The second kappa shape index (κ2) is 8.63. The molecule has 1 fully saturated rings. The maximum absolute atomic E-state index is 3.53. The van der Waals surface area contributed by atoms with E-state index >= 15 is 0 Å². The molecule has 19 heavy (non-hydrogen) atoms. The molecule has 1 aliphatic rings. The lowest BCUT2D eigenvalue weighted by molar-refractivity contribution is 0.617. The van der Waals surface area contributed by atoms with Gasteiger partial charge in [-0.15, -0.1) is 23.5 Å². The fourth-order valence-corrected chi connectivity index (χ4v) is 6.37. The molecule has 106 valence electrons. The quantitative estimate of drug-likeness (QED) is 0.449. The molecule has 0 radical (unpaired) electrons. The summed E-state index contributed by atoms with van der Waals surface area (Å²) in [5, 5.41) is 1.15. The van der Waals surface area contributed by atoms with Crippen LogP contribution in [-0.4, -0.2) is 20.9 Å². The first-order valence-corrected chi connectivity index (χ1v) is 10.3. The Morgan fingerprint density at radius 2 is 1.74 bits per heavy atom. The topological polar surface area (TPSA) is 0 Å². The van der Waals surface area contributed by atoms with Crippen molar-refractivity contribution in [1.29, 1.82) is 0 Å². The smallest absolute Gasteiger partial charge is 0.0651 e. The molecule has 0 saturated carbocycles. The molecule has 0 spiro atoms. The normalized spacial score (nSPS) is 18.4. The first-order chi connectivity index (χ1) is 9.35. The molecular formula is C16H23BrS2. The summed E-state index contributed by atoms with van der Waals surface area (Å²) in [5.74, 6) is 2.69. The van der Waals surface area contributed by atoms with Crippen molar-refractivity contribution in [3.63, 3.8) is 0 Å². The molecule has 0 N–H and O–H groups in total. The largest absolute Gasteiger partial charge is 0.144 e. The summed E-state index contributed by atoms with van der Waals surface area (Å²) in [6, 6.07) is 11.0. The number of benzene rings is 1. The molecule has 1 saturated heterocycles. The minimum Gasteiger partial charge on any atom is -0.144 e. The van der Waals surface area contributed by atoms with Crippen LogP contribution >= 0.6 is 39.5 Å². The maximum atomic E-state index is 3.53. The molecule has 0 atom stereocenters. The van der Waals surface area contributed by atoms with E-state index in [1.165, 1.54) is 55.6 Å². The van der Waals surface area contributed by atoms with E-state index in [4.69, 9.17) is 0 Å². The van der Waals surface area contributed by atoms with Gasteiger partial charge in [-0.25, -0.2) is 0 Å². The molecule has 0 aromatic heterocycles. The monoisotopic (exact) mass is 358 g/mol. The second-order valence-corrected chi connectivity index (χ2v) is 9.13. The van der Waals surface area contributed by atoms with Gasteiger partial charge >= 0.3 is 0 Å². The number of halogens is 1. The standard InChI is InChI=1S/C16H23BrS2/c17-11-6-2-5-10-16(18-12-7-13-19-16)14-15-8-3-1-4-9-15/h1,3-4,8-9H,2,5-7,10-14H2. The van der Waals surface area contributed by atoms with Crippen molar-refractivity contribution in [2.75, 3.05) is 16.8 Å². The van der Waals surface area contributed by atoms with Gasteiger partial charge in [0.05, 0.1) is 4.08 Å². The van der Waals surface area contributed by atoms with E-state index in [2.05, 4.69) is 69.8 Å². The minimum atomic E-state index is 0.450. The molecule has 2 rings (SSSR count). The van der Waals surface area contributed by atoms with E-state index < -0.39 is 0 Å². The van der Waals surface area contributed by atoms with Gasteiger partial charge in [-0.1, -0.05) is 59.1 Å². The zero-order valence-corrected chi connectivity index (χ0v) is 14.7. The number of hydrogen-bond acceptors (Lipinski definition) is 2. The van der Waals surface area contributed by atoms with Gasteiger partial charge in [0.1, 0.15) is 0 Å². The van der Waals surface area contributed by atoms with E-state index in [0.717, 1.165) is 5.33 Å². The molecular weight excluding hydrogens is 336 g/mol. The van der Waals surface area contributed by atoms with Crippen molar-refractivity contribution < 1.29 is 0 Å². The molecule has 1 heterocycles. The van der Waals surface area contributed by atoms with E-state index in [9.17, 15) is 0 Å². The van der Waals surface area contributed by atoms with Crippen LogP contribution in [-0.2, 0) is 6.42 Å². The highest BCUT2D eigenvalue weighted by Gasteiger charge is 2.33. The highest BCUT2D eigenvalue weighted by Crippen LogP contribution is 2.48. The summed E-state index contributed by atoms with van der Waals surface area (Å²) >= 11 is 7.96. The van der Waals surface area contributed by atoms with Gasteiger partial charge in [0, 0.05) is 5.33 Å².